The number of aryl methyl sites for hydroxylation is 1. The van der Waals surface area contributed by atoms with Crippen molar-refractivity contribution >= 4 is 29.9 Å². The van der Waals surface area contributed by atoms with Crippen LogP contribution in [-0.4, -0.2) is 31.8 Å². The Balaban J connectivity index is 0.00000169. The third kappa shape index (κ3) is 2.94. The van der Waals surface area contributed by atoms with Crippen molar-refractivity contribution in [1.29, 1.82) is 0 Å². The van der Waals surface area contributed by atoms with Gasteiger partial charge in [-0.05, 0) is 31.7 Å². The number of nitrogens with one attached hydrogen (secondary N) is 2. The van der Waals surface area contributed by atoms with Crippen LogP contribution < -0.4 is 10.6 Å². The fourth-order valence-corrected chi connectivity index (χ4v) is 4.69. The zero-order valence-corrected chi connectivity index (χ0v) is 16.9. The van der Waals surface area contributed by atoms with Gasteiger partial charge in [-0.15, -0.1) is 24.0 Å². The molecule has 2 N–H and O–H groups in total. The lowest BCUT2D eigenvalue weighted by Crippen LogP contribution is -2.72. The van der Waals surface area contributed by atoms with Crippen molar-refractivity contribution in [3.8, 4) is 0 Å². The highest BCUT2D eigenvalue weighted by Crippen LogP contribution is 2.62. The largest absolute Gasteiger partial charge is 0.377 e. The molecule has 0 radical (unpaired) electrons. The van der Waals surface area contributed by atoms with Crippen LogP contribution in [-0.2, 0) is 11.3 Å². The van der Waals surface area contributed by atoms with Crippen LogP contribution in [0, 0.1) is 18.3 Å². The molecule has 1 saturated heterocycles. The molecule has 1 aromatic rings. The van der Waals surface area contributed by atoms with Gasteiger partial charge in [0.2, 0.25) is 0 Å². The third-order valence-corrected chi connectivity index (χ3v) is 6.13. The highest BCUT2D eigenvalue weighted by Gasteiger charge is 2.66. The quantitative estimate of drug-likeness (QED) is 0.430. The van der Waals surface area contributed by atoms with Crippen molar-refractivity contribution < 1.29 is 4.74 Å². The smallest absolute Gasteiger partial charge is 0.191 e. The summed E-state index contributed by atoms with van der Waals surface area (Å²) in [5, 5.41) is 7.18. The minimum atomic E-state index is 0. The number of fused-ring (bicyclic) bond motifs is 2. The Labute approximate surface area is 161 Å². The first-order valence-corrected chi connectivity index (χ1v) is 8.87. The lowest BCUT2D eigenvalue weighted by molar-refractivity contribution is -0.171. The number of guanidine groups is 1. The highest BCUT2D eigenvalue weighted by atomic mass is 127. The zero-order valence-electron chi connectivity index (χ0n) is 14.5. The van der Waals surface area contributed by atoms with Crippen molar-refractivity contribution in [1.82, 2.24) is 10.6 Å². The first kappa shape index (κ1) is 18.0. The van der Waals surface area contributed by atoms with E-state index in [9.17, 15) is 0 Å². The molecule has 3 fully saturated rings. The average Bonchev–Trinajstić information content (AvgIpc) is 2.93. The number of nitrogens with zero attached hydrogens (tertiary/aromatic N) is 1. The van der Waals surface area contributed by atoms with Gasteiger partial charge in [0, 0.05) is 37.6 Å². The highest BCUT2D eigenvalue weighted by molar-refractivity contribution is 14.0. The van der Waals surface area contributed by atoms with Crippen LogP contribution in [0.3, 0.4) is 0 Å². The predicted molar refractivity (Wildman–Crippen MR) is 108 cm³/mol. The number of ether oxygens (including phenoxy) is 1. The van der Waals surface area contributed by atoms with Crippen molar-refractivity contribution in [2.75, 3.05) is 13.7 Å². The van der Waals surface area contributed by atoms with Crippen LogP contribution in [0.15, 0.2) is 29.3 Å². The number of halogens is 1. The first-order valence-electron chi connectivity index (χ1n) is 8.87. The topological polar surface area (TPSA) is 45.7 Å². The summed E-state index contributed by atoms with van der Waals surface area (Å²) in [6, 6.07) is 9.19. The van der Waals surface area contributed by atoms with Crippen molar-refractivity contribution in [3.63, 3.8) is 0 Å². The summed E-state index contributed by atoms with van der Waals surface area (Å²) >= 11 is 0. The van der Waals surface area contributed by atoms with Gasteiger partial charge in [0.15, 0.2) is 5.96 Å². The van der Waals surface area contributed by atoms with Gasteiger partial charge in [0.25, 0.3) is 0 Å². The minimum Gasteiger partial charge on any atom is -0.377 e. The van der Waals surface area contributed by atoms with E-state index in [1.165, 1.54) is 36.8 Å². The molecule has 4 rings (SSSR count). The summed E-state index contributed by atoms with van der Waals surface area (Å²) in [6.45, 7) is 3.86. The average molecular weight is 441 g/mol. The number of benzene rings is 1. The van der Waals surface area contributed by atoms with Gasteiger partial charge in [-0.1, -0.05) is 36.2 Å². The summed E-state index contributed by atoms with van der Waals surface area (Å²) in [6.07, 6.45) is 5.66. The van der Waals surface area contributed by atoms with E-state index < -0.39 is 0 Å². The Kier molecular flexibility index (Phi) is 5.39. The molecule has 3 atom stereocenters. The molecular weight excluding hydrogens is 413 g/mol. The van der Waals surface area contributed by atoms with Gasteiger partial charge in [0.1, 0.15) is 0 Å². The molecule has 4 nitrogen and oxygen atoms in total. The molecule has 5 heteroatoms. The van der Waals surface area contributed by atoms with Gasteiger partial charge in [-0.3, -0.25) is 4.99 Å². The number of hydrogen-bond donors (Lipinski definition) is 2. The zero-order chi connectivity index (χ0) is 15.9. The molecule has 1 aromatic carbocycles. The normalized spacial score (nSPS) is 29.9. The maximum absolute atomic E-state index is 6.00. The van der Waals surface area contributed by atoms with Crippen molar-refractivity contribution in [2.45, 2.75) is 51.3 Å². The van der Waals surface area contributed by atoms with Gasteiger partial charge in [-0.2, -0.15) is 0 Å². The second-order valence-corrected chi connectivity index (χ2v) is 7.36. The van der Waals surface area contributed by atoms with E-state index in [2.05, 4.69) is 46.8 Å². The molecule has 0 aromatic heterocycles. The van der Waals surface area contributed by atoms with Gasteiger partial charge < -0.3 is 15.4 Å². The lowest BCUT2D eigenvalue weighted by Gasteiger charge is -2.63. The van der Waals surface area contributed by atoms with Crippen LogP contribution in [0.1, 0.15) is 36.8 Å². The van der Waals surface area contributed by atoms with Crippen LogP contribution in [0.4, 0.5) is 0 Å². The first-order chi connectivity index (χ1) is 11.2. The minimum absolute atomic E-state index is 0. The predicted octanol–water partition coefficient (Wildman–Crippen LogP) is 3.24. The Morgan fingerprint density at radius 2 is 2.04 bits per heavy atom. The van der Waals surface area contributed by atoms with Crippen LogP contribution in [0.2, 0.25) is 0 Å². The fourth-order valence-electron chi connectivity index (χ4n) is 4.69. The Morgan fingerprint density at radius 3 is 2.67 bits per heavy atom. The Hall–Kier alpha value is -0.820. The second-order valence-electron chi connectivity index (χ2n) is 7.36. The molecular formula is C19H28IN3O. The summed E-state index contributed by atoms with van der Waals surface area (Å²) in [7, 11) is 1.86. The molecule has 1 spiro atoms. The maximum Gasteiger partial charge on any atom is 0.191 e. The van der Waals surface area contributed by atoms with Gasteiger partial charge >= 0.3 is 0 Å². The SMILES string of the molecule is CN=C(NCc1ccc(C)cc1)NC1C2CCOC2C12CCC2.I. The van der Waals surface area contributed by atoms with Gasteiger partial charge in [0.05, 0.1) is 6.10 Å². The lowest BCUT2D eigenvalue weighted by atomic mass is 9.46. The molecule has 0 bridgehead atoms. The summed E-state index contributed by atoms with van der Waals surface area (Å²) in [4.78, 5) is 4.43. The molecule has 3 aliphatic rings. The van der Waals surface area contributed by atoms with E-state index in [1.54, 1.807) is 0 Å². The van der Waals surface area contributed by atoms with E-state index in [1.807, 2.05) is 7.05 Å². The van der Waals surface area contributed by atoms with E-state index in [4.69, 9.17) is 4.74 Å². The summed E-state index contributed by atoms with van der Waals surface area (Å²) in [5.41, 5.74) is 2.97. The van der Waals surface area contributed by atoms with Crippen LogP contribution in [0.25, 0.3) is 0 Å². The Morgan fingerprint density at radius 1 is 1.29 bits per heavy atom. The van der Waals surface area contributed by atoms with Crippen molar-refractivity contribution in [3.05, 3.63) is 35.4 Å². The molecule has 2 saturated carbocycles. The van der Waals surface area contributed by atoms with E-state index in [0.29, 0.717) is 23.5 Å². The third-order valence-electron chi connectivity index (χ3n) is 6.13. The fraction of sp³-hybridized carbons (Fsp3) is 0.632. The standard InChI is InChI=1S/C19H27N3O.HI/c1-13-4-6-14(7-5-13)12-21-18(20-2)22-16-15-8-11-23-17(15)19(16)9-3-10-19;/h4-7,15-17H,3,8-12H2,1-2H3,(H2,20,21,22);1H. The van der Waals surface area contributed by atoms with Crippen LogP contribution in [0.5, 0.6) is 0 Å². The van der Waals surface area contributed by atoms with E-state index >= 15 is 0 Å². The van der Waals surface area contributed by atoms with E-state index in [0.717, 1.165) is 19.1 Å². The number of rotatable bonds is 3. The van der Waals surface area contributed by atoms with Gasteiger partial charge in [-0.25, -0.2) is 0 Å². The summed E-state index contributed by atoms with van der Waals surface area (Å²) < 4.78 is 6.00. The number of hydrogen-bond acceptors (Lipinski definition) is 2. The monoisotopic (exact) mass is 441 g/mol. The Bertz CT molecular complexity index is 597. The molecule has 3 unspecified atom stereocenters. The second kappa shape index (κ2) is 7.20. The molecule has 1 heterocycles. The maximum atomic E-state index is 6.00. The molecule has 132 valence electrons. The number of aliphatic imine (C=N–C) groups is 1. The van der Waals surface area contributed by atoms with E-state index in [-0.39, 0.29) is 24.0 Å². The molecule has 1 aliphatic heterocycles. The van der Waals surface area contributed by atoms with Crippen molar-refractivity contribution in [2.24, 2.45) is 16.3 Å². The molecule has 24 heavy (non-hydrogen) atoms. The van der Waals surface area contributed by atoms with Crippen LogP contribution >= 0.6 is 24.0 Å². The molecule has 2 aliphatic carbocycles. The summed E-state index contributed by atoms with van der Waals surface area (Å²) in [5.74, 6) is 1.60. The molecule has 0 amide bonds.